The van der Waals surface area contributed by atoms with Crippen molar-refractivity contribution >= 4 is 33.2 Å². The van der Waals surface area contributed by atoms with Crippen molar-refractivity contribution in [3.05, 3.63) is 94.5 Å². The Bertz CT molecular complexity index is 1220. The maximum atomic E-state index is 12.9. The van der Waals surface area contributed by atoms with E-state index in [0.29, 0.717) is 53.9 Å². The van der Waals surface area contributed by atoms with Crippen molar-refractivity contribution in [2.24, 2.45) is 0 Å². The fourth-order valence-electron chi connectivity index (χ4n) is 3.78. The third-order valence-electron chi connectivity index (χ3n) is 5.69. The fourth-order valence-corrected chi connectivity index (χ4v) is 5.39. The first kappa shape index (κ1) is 23.4. The molecule has 4 rings (SSSR count). The van der Waals surface area contributed by atoms with Gasteiger partial charge in [-0.05, 0) is 55.0 Å². The highest BCUT2D eigenvalue weighted by Gasteiger charge is 2.28. The SMILES string of the molecule is Cc1ccc(S(=O)(=O)N2CCN(Cc3ccc(C(=O)Nc4cccc(Cl)c4)cc3)CC2)cc1. The van der Waals surface area contributed by atoms with Crippen LogP contribution in [0.15, 0.2) is 77.7 Å². The smallest absolute Gasteiger partial charge is 0.255 e. The van der Waals surface area contributed by atoms with E-state index in [1.165, 1.54) is 0 Å². The maximum absolute atomic E-state index is 12.9. The van der Waals surface area contributed by atoms with E-state index in [9.17, 15) is 13.2 Å². The van der Waals surface area contributed by atoms with Gasteiger partial charge in [-0.1, -0.05) is 47.5 Å². The number of sulfonamides is 1. The van der Waals surface area contributed by atoms with E-state index in [4.69, 9.17) is 11.6 Å². The van der Waals surface area contributed by atoms with E-state index in [2.05, 4.69) is 10.2 Å². The lowest BCUT2D eigenvalue weighted by Crippen LogP contribution is -2.48. The number of benzene rings is 3. The monoisotopic (exact) mass is 483 g/mol. The average molecular weight is 484 g/mol. The molecule has 172 valence electrons. The van der Waals surface area contributed by atoms with E-state index < -0.39 is 10.0 Å². The van der Waals surface area contributed by atoms with Gasteiger partial charge in [0, 0.05) is 49.0 Å². The van der Waals surface area contributed by atoms with Crippen molar-refractivity contribution in [3.8, 4) is 0 Å². The largest absolute Gasteiger partial charge is 0.322 e. The molecule has 0 bridgehead atoms. The van der Waals surface area contributed by atoms with Gasteiger partial charge >= 0.3 is 0 Å². The van der Waals surface area contributed by atoms with Crippen molar-refractivity contribution in [2.45, 2.75) is 18.4 Å². The predicted octanol–water partition coefficient (Wildman–Crippen LogP) is 4.41. The van der Waals surface area contributed by atoms with E-state index in [-0.39, 0.29) is 5.91 Å². The molecule has 0 radical (unpaired) electrons. The Kier molecular flexibility index (Phi) is 7.14. The number of halogens is 1. The van der Waals surface area contributed by atoms with Crippen molar-refractivity contribution in [2.75, 3.05) is 31.5 Å². The third kappa shape index (κ3) is 5.81. The Labute approximate surface area is 199 Å². The van der Waals surface area contributed by atoms with Crippen LogP contribution in [0.25, 0.3) is 0 Å². The number of aryl methyl sites for hydroxylation is 1. The molecule has 1 aliphatic heterocycles. The molecule has 0 spiro atoms. The normalized spacial score (nSPS) is 15.3. The summed E-state index contributed by atoms with van der Waals surface area (Å²) in [6.07, 6.45) is 0. The molecular formula is C25H26ClN3O3S. The Hall–Kier alpha value is -2.71. The van der Waals surface area contributed by atoms with Gasteiger partial charge in [-0.3, -0.25) is 9.69 Å². The molecular weight excluding hydrogens is 458 g/mol. The number of hydrogen-bond acceptors (Lipinski definition) is 4. The molecule has 6 nitrogen and oxygen atoms in total. The Morgan fingerprint density at radius 1 is 0.939 bits per heavy atom. The maximum Gasteiger partial charge on any atom is 0.255 e. The molecule has 1 saturated heterocycles. The summed E-state index contributed by atoms with van der Waals surface area (Å²) in [5.41, 5.74) is 3.32. The second-order valence-corrected chi connectivity index (χ2v) is 10.5. The van der Waals surface area contributed by atoms with Gasteiger partial charge in [0.2, 0.25) is 10.0 Å². The lowest BCUT2D eigenvalue weighted by atomic mass is 10.1. The molecule has 1 amide bonds. The molecule has 1 aliphatic rings. The number of anilines is 1. The Morgan fingerprint density at radius 2 is 1.61 bits per heavy atom. The summed E-state index contributed by atoms with van der Waals surface area (Å²) in [5.74, 6) is -0.196. The highest BCUT2D eigenvalue weighted by atomic mass is 35.5. The first-order chi connectivity index (χ1) is 15.8. The second-order valence-electron chi connectivity index (χ2n) is 8.15. The van der Waals surface area contributed by atoms with Gasteiger partial charge in [-0.25, -0.2) is 8.42 Å². The van der Waals surface area contributed by atoms with Crippen molar-refractivity contribution in [1.29, 1.82) is 0 Å². The van der Waals surface area contributed by atoms with Crippen LogP contribution in [-0.2, 0) is 16.6 Å². The molecule has 0 aromatic heterocycles. The number of rotatable bonds is 6. The van der Waals surface area contributed by atoms with Crippen LogP contribution < -0.4 is 5.32 Å². The molecule has 1 N–H and O–H groups in total. The zero-order valence-corrected chi connectivity index (χ0v) is 19.9. The van der Waals surface area contributed by atoms with Crippen LogP contribution >= 0.6 is 11.6 Å². The summed E-state index contributed by atoms with van der Waals surface area (Å²) in [6, 6.07) is 21.5. The Morgan fingerprint density at radius 3 is 2.24 bits per heavy atom. The minimum Gasteiger partial charge on any atom is -0.322 e. The third-order valence-corrected chi connectivity index (χ3v) is 7.84. The summed E-state index contributed by atoms with van der Waals surface area (Å²) in [4.78, 5) is 15.0. The number of carbonyl (C=O) groups excluding carboxylic acids is 1. The van der Waals surface area contributed by atoms with E-state index in [0.717, 1.165) is 11.1 Å². The topological polar surface area (TPSA) is 69.7 Å². The van der Waals surface area contributed by atoms with Gasteiger partial charge in [0.05, 0.1) is 4.90 Å². The van der Waals surface area contributed by atoms with E-state index >= 15 is 0 Å². The Balaban J connectivity index is 1.31. The number of nitrogens with zero attached hydrogens (tertiary/aromatic N) is 2. The highest BCUT2D eigenvalue weighted by Crippen LogP contribution is 2.20. The van der Waals surface area contributed by atoms with Gasteiger partial charge in [0.15, 0.2) is 0 Å². The molecule has 33 heavy (non-hydrogen) atoms. The standard InChI is InChI=1S/C25H26ClN3O3S/c1-19-5-11-24(12-6-19)33(31,32)29-15-13-28(14-16-29)18-20-7-9-21(10-8-20)25(30)27-23-4-2-3-22(26)17-23/h2-12,17H,13-16,18H2,1H3,(H,27,30). The number of nitrogens with one attached hydrogen (secondary N) is 1. The number of carbonyl (C=O) groups is 1. The summed E-state index contributed by atoms with van der Waals surface area (Å²) < 4.78 is 27.3. The van der Waals surface area contributed by atoms with Crippen LogP contribution in [0.2, 0.25) is 5.02 Å². The predicted molar refractivity (Wildman–Crippen MR) is 131 cm³/mol. The zero-order valence-electron chi connectivity index (χ0n) is 18.4. The first-order valence-electron chi connectivity index (χ1n) is 10.8. The van der Waals surface area contributed by atoms with Crippen LogP contribution in [0.3, 0.4) is 0 Å². The minimum atomic E-state index is -3.46. The molecule has 1 heterocycles. The summed E-state index contributed by atoms with van der Waals surface area (Å²) in [7, 11) is -3.46. The van der Waals surface area contributed by atoms with Crippen LogP contribution in [0, 0.1) is 6.92 Å². The average Bonchev–Trinajstić information content (AvgIpc) is 2.80. The van der Waals surface area contributed by atoms with Gasteiger partial charge < -0.3 is 5.32 Å². The number of piperazine rings is 1. The van der Waals surface area contributed by atoms with Gasteiger partial charge in [0.1, 0.15) is 0 Å². The van der Waals surface area contributed by atoms with Crippen LogP contribution in [0.4, 0.5) is 5.69 Å². The van der Waals surface area contributed by atoms with Crippen molar-refractivity contribution < 1.29 is 13.2 Å². The van der Waals surface area contributed by atoms with Gasteiger partial charge in [-0.2, -0.15) is 4.31 Å². The molecule has 1 fully saturated rings. The lowest BCUT2D eigenvalue weighted by Gasteiger charge is -2.34. The van der Waals surface area contributed by atoms with E-state index in [1.807, 2.05) is 31.2 Å². The summed E-state index contributed by atoms with van der Waals surface area (Å²) in [6.45, 7) is 4.86. The van der Waals surface area contributed by atoms with Crippen LogP contribution in [-0.4, -0.2) is 49.7 Å². The minimum absolute atomic E-state index is 0.196. The molecule has 0 aliphatic carbocycles. The van der Waals surface area contributed by atoms with Crippen molar-refractivity contribution in [3.63, 3.8) is 0 Å². The quantitative estimate of drug-likeness (QED) is 0.564. The summed E-state index contributed by atoms with van der Waals surface area (Å²) in [5, 5.41) is 3.40. The highest BCUT2D eigenvalue weighted by molar-refractivity contribution is 7.89. The number of amides is 1. The summed E-state index contributed by atoms with van der Waals surface area (Å²) >= 11 is 5.97. The van der Waals surface area contributed by atoms with Crippen LogP contribution in [0.5, 0.6) is 0 Å². The molecule has 0 saturated carbocycles. The molecule has 3 aromatic carbocycles. The molecule has 8 heteroatoms. The molecule has 0 unspecified atom stereocenters. The van der Waals surface area contributed by atoms with Gasteiger partial charge in [0.25, 0.3) is 5.91 Å². The second kappa shape index (κ2) is 10.1. The lowest BCUT2D eigenvalue weighted by molar-refractivity contribution is 0.102. The van der Waals surface area contributed by atoms with Crippen LogP contribution in [0.1, 0.15) is 21.5 Å². The van der Waals surface area contributed by atoms with Crippen molar-refractivity contribution in [1.82, 2.24) is 9.21 Å². The zero-order chi connectivity index (χ0) is 23.4. The molecule has 0 atom stereocenters. The first-order valence-corrected chi connectivity index (χ1v) is 12.6. The fraction of sp³-hybridized carbons (Fsp3) is 0.240. The molecule has 3 aromatic rings. The van der Waals surface area contributed by atoms with E-state index in [1.54, 1.807) is 52.8 Å². The number of hydrogen-bond donors (Lipinski definition) is 1. The van der Waals surface area contributed by atoms with Gasteiger partial charge in [-0.15, -0.1) is 0 Å².